The lowest BCUT2D eigenvalue weighted by molar-refractivity contribution is 0.936. The Morgan fingerprint density at radius 1 is 1.58 bits per heavy atom. The van der Waals surface area contributed by atoms with E-state index in [0.29, 0.717) is 5.33 Å². The first-order chi connectivity index (χ1) is 5.77. The van der Waals surface area contributed by atoms with Crippen molar-refractivity contribution in [2.75, 3.05) is 5.33 Å². The van der Waals surface area contributed by atoms with Gasteiger partial charge in [-0.1, -0.05) is 15.9 Å². The maximum atomic E-state index is 8.72. The van der Waals surface area contributed by atoms with Crippen molar-refractivity contribution in [2.45, 2.75) is 5.92 Å². The quantitative estimate of drug-likeness (QED) is 0.785. The van der Waals surface area contributed by atoms with Crippen LogP contribution in [0.2, 0.25) is 0 Å². The van der Waals surface area contributed by atoms with Crippen LogP contribution in [0.3, 0.4) is 0 Å². The molecule has 1 aromatic heterocycles. The highest BCUT2D eigenvalue weighted by Crippen LogP contribution is 2.16. The number of pyridine rings is 1. The van der Waals surface area contributed by atoms with Crippen LogP contribution in [-0.2, 0) is 0 Å². The van der Waals surface area contributed by atoms with Gasteiger partial charge in [0, 0.05) is 16.0 Å². The molecule has 12 heavy (non-hydrogen) atoms. The van der Waals surface area contributed by atoms with Gasteiger partial charge in [-0.3, -0.25) is 4.98 Å². The molecule has 0 bridgehead atoms. The Bertz CT molecular complexity index is 289. The zero-order valence-electron chi connectivity index (χ0n) is 6.17. The van der Waals surface area contributed by atoms with Gasteiger partial charge in [0.1, 0.15) is 0 Å². The second-order valence-electron chi connectivity index (χ2n) is 2.24. The summed E-state index contributed by atoms with van der Waals surface area (Å²) in [5.74, 6) is -0.155. The molecular weight excluding hydrogens is 284 g/mol. The molecule has 0 N–H and O–H groups in total. The van der Waals surface area contributed by atoms with Crippen LogP contribution >= 0.6 is 31.9 Å². The smallest absolute Gasteiger partial charge is 0.0981 e. The Kier molecular flexibility index (Phi) is 3.70. The monoisotopic (exact) mass is 288 g/mol. The highest BCUT2D eigenvalue weighted by Gasteiger charge is 2.08. The molecule has 0 aliphatic rings. The largest absolute Gasteiger partial charge is 0.259 e. The molecule has 0 aliphatic heterocycles. The highest BCUT2D eigenvalue weighted by atomic mass is 79.9. The second-order valence-corrected chi connectivity index (χ2v) is 3.80. The van der Waals surface area contributed by atoms with E-state index in [2.05, 4.69) is 42.9 Å². The predicted octanol–water partition coefficient (Wildman–Crippen LogP) is 2.85. The van der Waals surface area contributed by atoms with Crippen molar-refractivity contribution in [3.05, 3.63) is 28.5 Å². The van der Waals surface area contributed by atoms with E-state index in [-0.39, 0.29) is 5.92 Å². The van der Waals surface area contributed by atoms with Crippen molar-refractivity contribution >= 4 is 31.9 Å². The molecule has 0 saturated carbocycles. The second kappa shape index (κ2) is 4.58. The molecule has 1 rings (SSSR count). The zero-order valence-corrected chi connectivity index (χ0v) is 9.34. The van der Waals surface area contributed by atoms with Gasteiger partial charge in [-0.15, -0.1) is 0 Å². The third-order valence-electron chi connectivity index (χ3n) is 1.42. The molecule has 1 atom stereocenters. The first-order valence-electron chi connectivity index (χ1n) is 3.35. The van der Waals surface area contributed by atoms with Crippen LogP contribution in [0.5, 0.6) is 0 Å². The molecular formula is C8H6Br2N2. The van der Waals surface area contributed by atoms with Crippen LogP contribution in [0.15, 0.2) is 22.8 Å². The third-order valence-corrected chi connectivity index (χ3v) is 2.53. The van der Waals surface area contributed by atoms with Crippen LogP contribution in [0.1, 0.15) is 11.6 Å². The average Bonchev–Trinajstić information content (AvgIpc) is 2.10. The molecule has 1 aromatic rings. The van der Waals surface area contributed by atoms with Crippen molar-refractivity contribution in [1.82, 2.24) is 4.98 Å². The Hall–Kier alpha value is -0.400. The fourth-order valence-corrected chi connectivity index (χ4v) is 1.48. The lowest BCUT2D eigenvalue weighted by Crippen LogP contribution is -1.98. The minimum atomic E-state index is -0.155. The van der Waals surface area contributed by atoms with Gasteiger partial charge >= 0.3 is 0 Å². The summed E-state index contributed by atoms with van der Waals surface area (Å²) in [6.07, 6.45) is 1.70. The van der Waals surface area contributed by atoms with Gasteiger partial charge in [0.05, 0.1) is 17.7 Å². The van der Waals surface area contributed by atoms with Crippen molar-refractivity contribution < 1.29 is 0 Å². The topological polar surface area (TPSA) is 36.7 Å². The number of halogens is 2. The van der Waals surface area contributed by atoms with E-state index in [4.69, 9.17) is 5.26 Å². The van der Waals surface area contributed by atoms with Crippen molar-refractivity contribution in [3.63, 3.8) is 0 Å². The minimum Gasteiger partial charge on any atom is -0.259 e. The summed E-state index contributed by atoms with van der Waals surface area (Å²) in [6, 6.07) is 5.89. The Balaban J connectivity index is 2.89. The van der Waals surface area contributed by atoms with Crippen LogP contribution in [0.4, 0.5) is 0 Å². The Labute approximate surface area is 87.9 Å². The number of hydrogen-bond donors (Lipinski definition) is 0. The molecule has 0 saturated heterocycles. The number of aromatic nitrogens is 1. The third kappa shape index (κ3) is 2.29. The molecule has 1 heterocycles. The number of rotatable bonds is 2. The predicted molar refractivity (Wildman–Crippen MR) is 54.1 cm³/mol. The number of alkyl halides is 1. The van der Waals surface area contributed by atoms with Crippen LogP contribution in [-0.4, -0.2) is 10.3 Å². The van der Waals surface area contributed by atoms with E-state index in [0.717, 1.165) is 10.2 Å². The molecule has 0 spiro atoms. The highest BCUT2D eigenvalue weighted by molar-refractivity contribution is 9.10. The fraction of sp³-hybridized carbons (Fsp3) is 0.250. The van der Waals surface area contributed by atoms with Crippen molar-refractivity contribution in [3.8, 4) is 6.07 Å². The van der Waals surface area contributed by atoms with Gasteiger partial charge in [-0.05, 0) is 28.1 Å². The van der Waals surface area contributed by atoms with Gasteiger partial charge in [-0.25, -0.2) is 0 Å². The molecule has 0 amide bonds. The fourth-order valence-electron chi connectivity index (χ4n) is 0.773. The lowest BCUT2D eigenvalue weighted by Gasteiger charge is -2.02. The van der Waals surface area contributed by atoms with Gasteiger partial charge in [-0.2, -0.15) is 5.26 Å². The van der Waals surface area contributed by atoms with Crippen molar-refractivity contribution in [1.29, 1.82) is 5.26 Å². The molecule has 0 radical (unpaired) electrons. The maximum Gasteiger partial charge on any atom is 0.0981 e. The number of nitriles is 1. The van der Waals surface area contributed by atoms with Crippen LogP contribution in [0, 0.1) is 11.3 Å². The minimum absolute atomic E-state index is 0.155. The van der Waals surface area contributed by atoms with E-state index in [1.165, 1.54) is 0 Å². The van der Waals surface area contributed by atoms with E-state index < -0.39 is 0 Å². The summed E-state index contributed by atoms with van der Waals surface area (Å²) in [4.78, 5) is 4.12. The molecule has 62 valence electrons. The SMILES string of the molecule is N#CC(CBr)c1ccc(Br)cn1. The van der Waals surface area contributed by atoms with Crippen molar-refractivity contribution in [2.24, 2.45) is 0 Å². The molecule has 2 nitrogen and oxygen atoms in total. The lowest BCUT2D eigenvalue weighted by atomic mass is 10.1. The van der Waals surface area contributed by atoms with E-state index in [9.17, 15) is 0 Å². The van der Waals surface area contributed by atoms with E-state index in [1.54, 1.807) is 6.20 Å². The number of nitrogens with zero attached hydrogens (tertiary/aromatic N) is 2. The molecule has 1 unspecified atom stereocenters. The Morgan fingerprint density at radius 2 is 2.33 bits per heavy atom. The molecule has 4 heteroatoms. The molecule has 0 aliphatic carbocycles. The summed E-state index contributed by atoms with van der Waals surface area (Å²) in [7, 11) is 0. The average molecular weight is 290 g/mol. The first-order valence-corrected chi connectivity index (χ1v) is 5.26. The zero-order chi connectivity index (χ0) is 8.97. The summed E-state index contributed by atoms with van der Waals surface area (Å²) < 4.78 is 0.928. The molecule has 0 fully saturated rings. The maximum absolute atomic E-state index is 8.72. The number of hydrogen-bond acceptors (Lipinski definition) is 2. The normalized spacial score (nSPS) is 12.1. The summed E-state index contributed by atoms with van der Waals surface area (Å²) in [5, 5.41) is 9.34. The van der Waals surface area contributed by atoms with E-state index in [1.807, 2.05) is 12.1 Å². The first kappa shape index (κ1) is 9.69. The van der Waals surface area contributed by atoms with Crippen LogP contribution < -0.4 is 0 Å². The molecule has 0 aromatic carbocycles. The van der Waals surface area contributed by atoms with Gasteiger partial charge in [0.2, 0.25) is 0 Å². The summed E-state index contributed by atoms with van der Waals surface area (Å²) >= 11 is 6.54. The van der Waals surface area contributed by atoms with E-state index >= 15 is 0 Å². The Morgan fingerprint density at radius 3 is 2.75 bits per heavy atom. The van der Waals surface area contributed by atoms with Gasteiger partial charge in [0.15, 0.2) is 0 Å². The summed E-state index contributed by atoms with van der Waals surface area (Å²) in [5.41, 5.74) is 0.803. The summed E-state index contributed by atoms with van der Waals surface area (Å²) in [6.45, 7) is 0. The van der Waals surface area contributed by atoms with Gasteiger partial charge < -0.3 is 0 Å². The van der Waals surface area contributed by atoms with Crippen LogP contribution in [0.25, 0.3) is 0 Å². The van der Waals surface area contributed by atoms with Gasteiger partial charge in [0.25, 0.3) is 0 Å². The standard InChI is InChI=1S/C8H6Br2N2/c9-3-6(4-11)8-2-1-7(10)5-12-8/h1-2,5-6H,3H2.